The van der Waals surface area contributed by atoms with Crippen LogP contribution in [-0.2, 0) is 6.54 Å². The first-order valence-corrected chi connectivity index (χ1v) is 8.43. The number of pyridine rings is 1. The van der Waals surface area contributed by atoms with Crippen LogP contribution in [0.15, 0.2) is 18.3 Å². The van der Waals surface area contributed by atoms with Crippen LogP contribution in [0.5, 0.6) is 0 Å². The number of hydrogen-bond acceptors (Lipinski definition) is 2. The number of aryl methyl sites for hydroxylation is 2. The standard InChI is InChI=1S/C16H24N3P/c1-11-10-19(8-3-9-20)16-14(11)6-7-15(18-16)12(2)17-13-4-5-13/h6-7,10,12-13,17H,3-5,8-9,20H2,1-2H3. The van der Waals surface area contributed by atoms with E-state index >= 15 is 0 Å². The van der Waals surface area contributed by atoms with Crippen molar-refractivity contribution in [2.24, 2.45) is 0 Å². The minimum Gasteiger partial charge on any atom is -0.332 e. The molecule has 0 spiro atoms. The van der Waals surface area contributed by atoms with E-state index in [1.807, 2.05) is 0 Å². The molecular formula is C16H24N3P. The van der Waals surface area contributed by atoms with E-state index in [-0.39, 0.29) is 0 Å². The summed E-state index contributed by atoms with van der Waals surface area (Å²) in [6, 6.07) is 5.47. The molecule has 0 aliphatic heterocycles. The third-order valence-electron chi connectivity index (χ3n) is 4.05. The number of nitrogens with zero attached hydrogens (tertiary/aromatic N) is 2. The Balaban J connectivity index is 1.90. The highest BCUT2D eigenvalue weighted by Crippen LogP contribution is 2.25. The van der Waals surface area contributed by atoms with Crippen LogP contribution in [0, 0.1) is 6.92 Å². The van der Waals surface area contributed by atoms with E-state index in [2.05, 4.69) is 51.3 Å². The van der Waals surface area contributed by atoms with Gasteiger partial charge >= 0.3 is 0 Å². The van der Waals surface area contributed by atoms with Gasteiger partial charge in [0, 0.05) is 30.2 Å². The van der Waals surface area contributed by atoms with Gasteiger partial charge in [-0.1, -0.05) is 0 Å². The molecule has 0 saturated heterocycles. The Morgan fingerprint density at radius 1 is 1.45 bits per heavy atom. The molecule has 1 fully saturated rings. The molecule has 4 heteroatoms. The number of fused-ring (bicyclic) bond motifs is 1. The van der Waals surface area contributed by atoms with Crippen molar-refractivity contribution < 1.29 is 0 Å². The van der Waals surface area contributed by atoms with Crippen LogP contribution in [-0.4, -0.2) is 21.8 Å². The van der Waals surface area contributed by atoms with Crippen molar-refractivity contribution in [3.05, 3.63) is 29.6 Å². The largest absolute Gasteiger partial charge is 0.332 e. The van der Waals surface area contributed by atoms with Crippen LogP contribution in [0.3, 0.4) is 0 Å². The quantitative estimate of drug-likeness (QED) is 0.826. The third kappa shape index (κ3) is 2.89. The fourth-order valence-corrected chi connectivity index (χ4v) is 2.90. The molecule has 2 aromatic rings. The van der Waals surface area contributed by atoms with Crippen LogP contribution in [0.2, 0.25) is 0 Å². The lowest BCUT2D eigenvalue weighted by molar-refractivity contribution is 0.558. The van der Waals surface area contributed by atoms with Crippen molar-refractivity contribution in [3.63, 3.8) is 0 Å². The van der Waals surface area contributed by atoms with Crippen molar-refractivity contribution in [3.8, 4) is 0 Å². The van der Waals surface area contributed by atoms with Gasteiger partial charge in [0.15, 0.2) is 0 Å². The second-order valence-electron chi connectivity index (χ2n) is 5.92. The molecule has 2 heterocycles. The first-order valence-electron chi connectivity index (χ1n) is 7.61. The Morgan fingerprint density at radius 3 is 2.95 bits per heavy atom. The van der Waals surface area contributed by atoms with Gasteiger partial charge in [0.1, 0.15) is 5.65 Å². The van der Waals surface area contributed by atoms with Gasteiger partial charge in [-0.15, -0.1) is 9.24 Å². The highest BCUT2D eigenvalue weighted by molar-refractivity contribution is 7.16. The number of aromatic nitrogens is 2. The summed E-state index contributed by atoms with van der Waals surface area (Å²) in [4.78, 5) is 4.92. The zero-order valence-electron chi connectivity index (χ0n) is 12.4. The fourth-order valence-electron chi connectivity index (χ4n) is 2.72. The highest BCUT2D eigenvalue weighted by atomic mass is 31.0. The van der Waals surface area contributed by atoms with Gasteiger partial charge in [-0.25, -0.2) is 4.98 Å². The summed E-state index contributed by atoms with van der Waals surface area (Å²) in [5.74, 6) is 0. The van der Waals surface area contributed by atoms with Gasteiger partial charge in [-0.2, -0.15) is 0 Å². The summed E-state index contributed by atoms with van der Waals surface area (Å²) < 4.78 is 2.31. The zero-order chi connectivity index (χ0) is 14.1. The third-order valence-corrected chi connectivity index (χ3v) is 4.46. The second-order valence-corrected chi connectivity index (χ2v) is 6.49. The van der Waals surface area contributed by atoms with E-state index < -0.39 is 0 Å². The van der Waals surface area contributed by atoms with Crippen LogP contribution in [0.4, 0.5) is 0 Å². The monoisotopic (exact) mass is 289 g/mol. The van der Waals surface area contributed by atoms with E-state index in [1.54, 1.807) is 0 Å². The summed E-state index contributed by atoms with van der Waals surface area (Å²) >= 11 is 0. The average molecular weight is 289 g/mol. The smallest absolute Gasteiger partial charge is 0.140 e. The Labute approximate surface area is 123 Å². The van der Waals surface area contributed by atoms with Crippen molar-refractivity contribution in [2.75, 3.05) is 6.16 Å². The molecule has 20 heavy (non-hydrogen) atoms. The average Bonchev–Trinajstić information content (AvgIpc) is 3.20. The molecule has 0 radical (unpaired) electrons. The van der Waals surface area contributed by atoms with E-state index in [0.29, 0.717) is 12.1 Å². The molecule has 2 atom stereocenters. The first-order chi connectivity index (χ1) is 9.69. The molecule has 2 unspecified atom stereocenters. The maximum atomic E-state index is 4.92. The summed E-state index contributed by atoms with van der Waals surface area (Å²) in [6.07, 6.45) is 7.18. The molecule has 1 aliphatic rings. The lowest BCUT2D eigenvalue weighted by atomic mass is 10.1. The predicted molar refractivity (Wildman–Crippen MR) is 88.2 cm³/mol. The molecule has 0 bridgehead atoms. The van der Waals surface area contributed by atoms with Gasteiger partial charge in [0.25, 0.3) is 0 Å². The Bertz CT molecular complexity index is 601. The molecule has 0 amide bonds. The number of nitrogens with one attached hydrogen (secondary N) is 1. The van der Waals surface area contributed by atoms with E-state index in [9.17, 15) is 0 Å². The highest BCUT2D eigenvalue weighted by Gasteiger charge is 2.24. The summed E-state index contributed by atoms with van der Waals surface area (Å²) in [7, 11) is 2.80. The molecule has 3 rings (SSSR count). The minimum absolute atomic E-state index is 0.345. The SMILES string of the molecule is Cc1cn(CCCP)c2nc(C(C)NC3CC3)ccc12. The normalized spacial score (nSPS) is 16.8. The van der Waals surface area contributed by atoms with Gasteiger partial charge in [-0.05, 0) is 57.0 Å². The molecule has 1 aliphatic carbocycles. The molecule has 2 aromatic heterocycles. The molecular weight excluding hydrogens is 265 g/mol. The Hall–Kier alpha value is -0.920. The summed E-state index contributed by atoms with van der Waals surface area (Å²) in [6.45, 7) is 5.44. The van der Waals surface area contributed by atoms with Gasteiger partial charge in [-0.3, -0.25) is 0 Å². The molecule has 3 nitrogen and oxygen atoms in total. The summed E-state index contributed by atoms with van der Waals surface area (Å²) in [5, 5.41) is 4.92. The fraction of sp³-hybridized carbons (Fsp3) is 0.562. The van der Waals surface area contributed by atoms with Crippen LogP contribution < -0.4 is 5.32 Å². The van der Waals surface area contributed by atoms with Gasteiger partial charge < -0.3 is 9.88 Å². The first kappa shape index (κ1) is 14.0. The maximum Gasteiger partial charge on any atom is 0.140 e. The molecule has 1 saturated carbocycles. The number of rotatable bonds is 6. The molecule has 108 valence electrons. The van der Waals surface area contributed by atoms with Gasteiger partial charge in [0.2, 0.25) is 0 Å². The van der Waals surface area contributed by atoms with Crippen molar-refractivity contribution in [1.29, 1.82) is 0 Å². The van der Waals surface area contributed by atoms with Crippen LogP contribution in [0.25, 0.3) is 11.0 Å². The Kier molecular flexibility index (Phi) is 4.09. The van der Waals surface area contributed by atoms with Crippen molar-refractivity contribution >= 4 is 20.3 Å². The van der Waals surface area contributed by atoms with Crippen LogP contribution in [0.1, 0.15) is 43.5 Å². The minimum atomic E-state index is 0.345. The number of hydrogen-bond donors (Lipinski definition) is 1. The van der Waals surface area contributed by atoms with E-state index in [4.69, 9.17) is 4.98 Å². The topological polar surface area (TPSA) is 29.9 Å². The van der Waals surface area contributed by atoms with Crippen LogP contribution >= 0.6 is 9.24 Å². The summed E-state index contributed by atoms with van der Waals surface area (Å²) in [5.41, 5.74) is 3.63. The maximum absolute atomic E-state index is 4.92. The zero-order valence-corrected chi connectivity index (χ0v) is 13.5. The second kappa shape index (κ2) is 5.83. The van der Waals surface area contributed by atoms with Crippen molar-refractivity contribution in [1.82, 2.24) is 14.9 Å². The lowest BCUT2D eigenvalue weighted by Crippen LogP contribution is -2.21. The molecule has 0 aromatic carbocycles. The predicted octanol–water partition coefficient (Wildman–Crippen LogP) is 3.42. The van der Waals surface area contributed by atoms with E-state index in [0.717, 1.165) is 24.0 Å². The molecule has 1 N–H and O–H groups in total. The van der Waals surface area contributed by atoms with Gasteiger partial charge in [0.05, 0.1) is 5.69 Å². The Morgan fingerprint density at radius 2 is 2.25 bits per heavy atom. The van der Waals surface area contributed by atoms with Crippen molar-refractivity contribution in [2.45, 2.75) is 51.7 Å². The van der Waals surface area contributed by atoms with E-state index in [1.165, 1.54) is 30.2 Å². The lowest BCUT2D eigenvalue weighted by Gasteiger charge is -2.13.